The average Bonchev–Trinajstić information content (AvgIpc) is 3.22. The Morgan fingerprint density at radius 2 is 1.66 bits per heavy atom. The normalized spacial score (nSPS) is 10.8. The highest BCUT2D eigenvalue weighted by molar-refractivity contribution is 6.09. The Morgan fingerprint density at radius 3 is 2.19 bits per heavy atom. The van der Waals surface area contributed by atoms with E-state index in [1.165, 1.54) is 6.08 Å². The largest absolute Gasteiger partial charge is 0.497 e. The lowest BCUT2D eigenvalue weighted by Gasteiger charge is -2.09. The van der Waals surface area contributed by atoms with Gasteiger partial charge in [0.25, 0.3) is 5.91 Å². The van der Waals surface area contributed by atoms with Crippen molar-refractivity contribution < 1.29 is 23.5 Å². The number of nitriles is 1. The minimum absolute atomic E-state index is 0.0463. The maximum absolute atomic E-state index is 12.2. The first kappa shape index (κ1) is 22.4. The van der Waals surface area contributed by atoms with Gasteiger partial charge in [-0.05, 0) is 55.0 Å². The summed E-state index contributed by atoms with van der Waals surface area (Å²) in [5.74, 6) is 2.51. The zero-order valence-electron chi connectivity index (χ0n) is 17.8. The number of rotatable bonds is 10. The fourth-order valence-electron chi connectivity index (χ4n) is 2.70. The fourth-order valence-corrected chi connectivity index (χ4v) is 2.70. The fraction of sp³-hybridized carbons (Fsp3) is 0.208. The van der Waals surface area contributed by atoms with Crippen LogP contribution in [-0.4, -0.2) is 31.4 Å². The number of aryl methyl sites for hydroxylation is 1. The van der Waals surface area contributed by atoms with E-state index in [1.807, 2.05) is 30.3 Å². The van der Waals surface area contributed by atoms with Crippen molar-refractivity contribution in [2.75, 3.05) is 25.6 Å². The zero-order chi connectivity index (χ0) is 22.8. The summed E-state index contributed by atoms with van der Waals surface area (Å²) in [6.45, 7) is 2.73. The Hall–Kier alpha value is -4.25. The highest BCUT2D eigenvalue weighted by Gasteiger charge is 2.11. The number of carbonyl (C=O) groups excluding carboxylic acids is 1. The van der Waals surface area contributed by atoms with Gasteiger partial charge in [-0.1, -0.05) is 17.3 Å². The maximum atomic E-state index is 12.2. The molecule has 0 aliphatic carbocycles. The summed E-state index contributed by atoms with van der Waals surface area (Å²) in [6.07, 6.45) is 2.21. The molecule has 0 fully saturated rings. The van der Waals surface area contributed by atoms with E-state index in [2.05, 4.69) is 10.5 Å². The molecule has 0 saturated carbocycles. The summed E-state index contributed by atoms with van der Waals surface area (Å²) < 4.78 is 21.4. The topological polar surface area (TPSA) is 107 Å². The second-order valence-electron chi connectivity index (χ2n) is 6.74. The third-order valence-corrected chi connectivity index (χ3v) is 4.31. The number of hydrogen-bond acceptors (Lipinski definition) is 7. The van der Waals surface area contributed by atoms with Crippen molar-refractivity contribution in [2.45, 2.75) is 13.3 Å². The van der Waals surface area contributed by atoms with Crippen LogP contribution < -0.4 is 19.5 Å². The van der Waals surface area contributed by atoms with E-state index in [1.54, 1.807) is 44.4 Å². The van der Waals surface area contributed by atoms with E-state index >= 15 is 0 Å². The van der Waals surface area contributed by atoms with Crippen molar-refractivity contribution in [1.82, 2.24) is 5.16 Å². The molecule has 0 aliphatic rings. The molecule has 32 heavy (non-hydrogen) atoms. The molecule has 0 radical (unpaired) electrons. The molecule has 1 N–H and O–H groups in total. The van der Waals surface area contributed by atoms with Gasteiger partial charge in [0.2, 0.25) is 0 Å². The molecule has 0 atom stereocenters. The van der Waals surface area contributed by atoms with Gasteiger partial charge in [0.15, 0.2) is 5.82 Å². The quantitative estimate of drug-likeness (QED) is 0.287. The molecule has 0 aliphatic heterocycles. The lowest BCUT2D eigenvalue weighted by molar-refractivity contribution is -0.112. The molecule has 0 spiro atoms. The van der Waals surface area contributed by atoms with Crippen molar-refractivity contribution in [3.05, 3.63) is 71.5 Å². The average molecular weight is 433 g/mol. The molecule has 3 aromatic rings. The van der Waals surface area contributed by atoms with Crippen LogP contribution in [0.2, 0.25) is 0 Å². The van der Waals surface area contributed by atoms with Gasteiger partial charge in [-0.15, -0.1) is 0 Å². The molecule has 0 unspecified atom stereocenters. The van der Waals surface area contributed by atoms with Crippen molar-refractivity contribution in [2.24, 2.45) is 0 Å². The van der Waals surface area contributed by atoms with Crippen LogP contribution in [-0.2, 0) is 4.79 Å². The van der Waals surface area contributed by atoms with Crippen molar-refractivity contribution >= 4 is 17.8 Å². The Kier molecular flexibility index (Phi) is 7.87. The summed E-state index contributed by atoms with van der Waals surface area (Å²) in [4.78, 5) is 12.2. The number of carbonyl (C=O) groups is 1. The van der Waals surface area contributed by atoms with Gasteiger partial charge in [0.05, 0.1) is 20.3 Å². The van der Waals surface area contributed by atoms with Crippen LogP contribution >= 0.6 is 0 Å². The molecule has 1 heterocycles. The maximum Gasteiger partial charge on any atom is 0.267 e. The second kappa shape index (κ2) is 11.2. The highest BCUT2D eigenvalue weighted by Crippen LogP contribution is 2.18. The number of benzene rings is 2. The van der Waals surface area contributed by atoms with E-state index in [0.29, 0.717) is 36.7 Å². The van der Waals surface area contributed by atoms with E-state index in [4.69, 9.17) is 18.7 Å². The molecule has 1 aromatic heterocycles. The van der Waals surface area contributed by atoms with Crippen molar-refractivity contribution in [1.29, 1.82) is 5.26 Å². The number of nitrogens with zero attached hydrogens (tertiary/aromatic N) is 2. The lowest BCUT2D eigenvalue weighted by atomic mass is 10.1. The number of hydrogen-bond donors (Lipinski definition) is 1. The number of nitrogens with one attached hydrogen (secondary N) is 1. The standard InChI is InChI=1S/C24H23N3O5/c1-17-14-23(27-32-17)26-24(28)19(16-25)15-18-4-6-21(7-5-18)30-12-3-13-31-22-10-8-20(29-2)9-11-22/h4-11,14-15H,3,12-13H2,1-2H3,(H,26,27,28)/b19-15-. The molecular formula is C24H23N3O5. The monoisotopic (exact) mass is 433 g/mol. The van der Waals surface area contributed by atoms with Crippen LogP contribution in [0.15, 0.2) is 64.7 Å². The number of amides is 1. The Balaban J connectivity index is 1.45. The summed E-state index contributed by atoms with van der Waals surface area (Å²) >= 11 is 0. The first-order chi connectivity index (χ1) is 15.6. The van der Waals surface area contributed by atoms with Gasteiger partial charge in [-0.25, -0.2) is 0 Å². The molecule has 164 valence electrons. The molecule has 0 bridgehead atoms. The Morgan fingerprint density at radius 1 is 1.06 bits per heavy atom. The van der Waals surface area contributed by atoms with Crippen LogP contribution in [0.25, 0.3) is 6.08 Å². The molecule has 8 heteroatoms. The lowest BCUT2D eigenvalue weighted by Crippen LogP contribution is -2.13. The summed E-state index contributed by atoms with van der Waals surface area (Å²) in [5, 5.41) is 15.5. The highest BCUT2D eigenvalue weighted by atomic mass is 16.5. The molecule has 2 aromatic carbocycles. The first-order valence-electron chi connectivity index (χ1n) is 9.93. The third-order valence-electron chi connectivity index (χ3n) is 4.31. The van der Waals surface area contributed by atoms with E-state index in [-0.39, 0.29) is 11.4 Å². The van der Waals surface area contributed by atoms with Gasteiger partial charge in [0.1, 0.15) is 34.7 Å². The summed E-state index contributed by atoms with van der Waals surface area (Å²) in [5.41, 5.74) is 0.651. The zero-order valence-corrected chi connectivity index (χ0v) is 17.8. The van der Waals surface area contributed by atoms with Crippen LogP contribution in [0.1, 0.15) is 17.7 Å². The number of ether oxygens (including phenoxy) is 3. The van der Waals surface area contributed by atoms with E-state index in [9.17, 15) is 10.1 Å². The van der Waals surface area contributed by atoms with Gasteiger partial charge >= 0.3 is 0 Å². The van der Waals surface area contributed by atoms with E-state index < -0.39 is 5.91 Å². The minimum atomic E-state index is -0.557. The molecule has 3 rings (SSSR count). The second-order valence-corrected chi connectivity index (χ2v) is 6.74. The summed E-state index contributed by atoms with van der Waals surface area (Å²) in [6, 6.07) is 18.0. The number of aromatic nitrogens is 1. The van der Waals surface area contributed by atoms with Gasteiger partial charge in [0, 0.05) is 12.5 Å². The van der Waals surface area contributed by atoms with Gasteiger partial charge < -0.3 is 24.1 Å². The Bertz CT molecular complexity index is 1100. The van der Waals surface area contributed by atoms with Crippen LogP contribution in [0.5, 0.6) is 17.2 Å². The predicted octanol–water partition coefficient (Wildman–Crippen LogP) is 4.39. The minimum Gasteiger partial charge on any atom is -0.497 e. The number of methoxy groups -OCH3 is 1. The van der Waals surface area contributed by atoms with Gasteiger partial charge in [-0.2, -0.15) is 5.26 Å². The molecule has 1 amide bonds. The first-order valence-corrected chi connectivity index (χ1v) is 9.93. The van der Waals surface area contributed by atoms with Gasteiger partial charge in [-0.3, -0.25) is 4.79 Å². The van der Waals surface area contributed by atoms with Crippen LogP contribution in [0.3, 0.4) is 0 Å². The molecular weight excluding hydrogens is 410 g/mol. The van der Waals surface area contributed by atoms with E-state index in [0.717, 1.165) is 11.5 Å². The molecule has 0 saturated heterocycles. The Labute approximate surface area is 186 Å². The van der Waals surface area contributed by atoms with Crippen molar-refractivity contribution in [3.8, 4) is 23.3 Å². The summed E-state index contributed by atoms with van der Waals surface area (Å²) in [7, 11) is 1.62. The molecule has 8 nitrogen and oxygen atoms in total. The SMILES string of the molecule is COc1ccc(OCCCOc2ccc(/C=C(/C#N)C(=O)Nc3cc(C)on3)cc2)cc1. The number of anilines is 1. The smallest absolute Gasteiger partial charge is 0.267 e. The van der Waals surface area contributed by atoms with Crippen LogP contribution in [0.4, 0.5) is 5.82 Å². The predicted molar refractivity (Wildman–Crippen MR) is 119 cm³/mol. The third kappa shape index (κ3) is 6.64. The van der Waals surface area contributed by atoms with Crippen LogP contribution in [0, 0.1) is 18.3 Å². The van der Waals surface area contributed by atoms with Crippen molar-refractivity contribution in [3.63, 3.8) is 0 Å².